The summed E-state index contributed by atoms with van der Waals surface area (Å²) in [4.78, 5) is 12.0. The molecular formula is C17H20O3. The summed E-state index contributed by atoms with van der Waals surface area (Å²) in [5.74, 6) is 0.340. The smallest absolute Gasteiger partial charge is 0.316 e. The van der Waals surface area contributed by atoms with Crippen molar-refractivity contribution in [1.82, 2.24) is 0 Å². The summed E-state index contributed by atoms with van der Waals surface area (Å²) in [5, 5.41) is 11.1. The van der Waals surface area contributed by atoms with E-state index in [1.54, 1.807) is 6.07 Å². The van der Waals surface area contributed by atoms with Crippen LogP contribution in [0.4, 0.5) is 0 Å². The molecule has 0 aliphatic rings. The van der Waals surface area contributed by atoms with Crippen molar-refractivity contribution in [1.29, 1.82) is 0 Å². The van der Waals surface area contributed by atoms with E-state index < -0.39 is 5.41 Å². The third-order valence-electron chi connectivity index (χ3n) is 3.71. The molecule has 2 rings (SSSR count). The molecule has 2 aromatic rings. The molecule has 0 saturated heterocycles. The molecule has 0 heterocycles. The number of carbonyl (C=O) groups is 1. The van der Waals surface area contributed by atoms with E-state index in [0.29, 0.717) is 5.75 Å². The lowest BCUT2D eigenvalue weighted by Gasteiger charge is -2.20. The van der Waals surface area contributed by atoms with Crippen molar-refractivity contribution in [3.63, 3.8) is 0 Å². The van der Waals surface area contributed by atoms with Crippen LogP contribution in [0.3, 0.4) is 0 Å². The van der Waals surface area contributed by atoms with E-state index in [1.165, 1.54) is 0 Å². The second kappa shape index (κ2) is 5.63. The zero-order valence-corrected chi connectivity index (χ0v) is 12.1. The summed E-state index contributed by atoms with van der Waals surface area (Å²) in [6, 6.07) is 11.2. The lowest BCUT2D eigenvalue weighted by molar-refractivity contribution is -0.144. The van der Waals surface area contributed by atoms with E-state index in [2.05, 4.69) is 0 Å². The van der Waals surface area contributed by atoms with Crippen LogP contribution >= 0.6 is 0 Å². The Morgan fingerprint density at radius 1 is 1.15 bits per heavy atom. The molecule has 0 amide bonds. The average molecular weight is 272 g/mol. The Labute approximate surface area is 119 Å². The molecule has 0 bridgehead atoms. The first kappa shape index (κ1) is 14.5. The molecule has 0 fully saturated rings. The predicted molar refractivity (Wildman–Crippen MR) is 79.6 cm³/mol. The van der Waals surface area contributed by atoms with Gasteiger partial charge in [-0.3, -0.25) is 4.79 Å². The van der Waals surface area contributed by atoms with Crippen LogP contribution in [0, 0.1) is 5.41 Å². The highest BCUT2D eigenvalue weighted by Gasteiger charge is 2.27. The Morgan fingerprint density at radius 3 is 2.45 bits per heavy atom. The van der Waals surface area contributed by atoms with E-state index in [4.69, 9.17) is 9.84 Å². The molecule has 0 spiro atoms. The highest BCUT2D eigenvalue weighted by Crippen LogP contribution is 2.26. The number of aliphatic hydroxyl groups excluding tert-OH is 1. The molecule has 0 unspecified atom stereocenters. The average Bonchev–Trinajstić information content (AvgIpc) is 2.46. The van der Waals surface area contributed by atoms with Crippen LogP contribution in [0.25, 0.3) is 10.8 Å². The van der Waals surface area contributed by atoms with Crippen molar-refractivity contribution in [2.24, 2.45) is 5.41 Å². The maximum absolute atomic E-state index is 12.0. The minimum Gasteiger partial charge on any atom is -0.426 e. The van der Waals surface area contributed by atoms with Crippen LogP contribution in [-0.2, 0) is 11.4 Å². The number of fused-ring (bicyclic) bond motifs is 1. The Hall–Kier alpha value is -1.87. The highest BCUT2D eigenvalue weighted by atomic mass is 16.5. The van der Waals surface area contributed by atoms with E-state index >= 15 is 0 Å². The molecule has 1 N–H and O–H groups in total. The number of ether oxygens (including phenoxy) is 1. The van der Waals surface area contributed by atoms with Gasteiger partial charge in [0.15, 0.2) is 0 Å². The van der Waals surface area contributed by atoms with Gasteiger partial charge in [0.25, 0.3) is 0 Å². The van der Waals surface area contributed by atoms with Crippen LogP contribution in [0.15, 0.2) is 36.4 Å². The zero-order valence-electron chi connectivity index (χ0n) is 12.1. The lowest BCUT2D eigenvalue weighted by atomic mass is 9.91. The molecule has 3 nitrogen and oxygen atoms in total. The number of rotatable bonds is 4. The first-order valence-electron chi connectivity index (χ1n) is 6.82. The van der Waals surface area contributed by atoms with Crippen molar-refractivity contribution in [2.45, 2.75) is 33.8 Å². The van der Waals surface area contributed by atoms with Gasteiger partial charge in [-0.05, 0) is 54.8 Å². The van der Waals surface area contributed by atoms with Gasteiger partial charge in [-0.15, -0.1) is 0 Å². The van der Waals surface area contributed by atoms with Gasteiger partial charge in [0.05, 0.1) is 12.0 Å². The molecule has 0 aliphatic heterocycles. The van der Waals surface area contributed by atoms with Crippen LogP contribution in [-0.4, -0.2) is 11.1 Å². The van der Waals surface area contributed by atoms with E-state index in [-0.39, 0.29) is 12.6 Å². The van der Waals surface area contributed by atoms with Crippen LogP contribution in [0.5, 0.6) is 5.75 Å². The quantitative estimate of drug-likeness (QED) is 0.682. The maximum Gasteiger partial charge on any atom is 0.316 e. The summed E-state index contributed by atoms with van der Waals surface area (Å²) < 4.78 is 5.45. The summed E-state index contributed by atoms with van der Waals surface area (Å²) in [6.45, 7) is 5.75. The van der Waals surface area contributed by atoms with Crippen molar-refractivity contribution in [3.8, 4) is 5.75 Å². The van der Waals surface area contributed by atoms with Crippen LogP contribution < -0.4 is 4.74 Å². The molecule has 0 radical (unpaired) electrons. The van der Waals surface area contributed by atoms with Crippen LogP contribution in [0.1, 0.15) is 32.8 Å². The van der Waals surface area contributed by atoms with Gasteiger partial charge >= 0.3 is 5.97 Å². The number of hydrogen-bond donors (Lipinski definition) is 1. The van der Waals surface area contributed by atoms with Gasteiger partial charge < -0.3 is 9.84 Å². The number of hydrogen-bond acceptors (Lipinski definition) is 3. The van der Waals surface area contributed by atoms with Gasteiger partial charge in [0.1, 0.15) is 5.75 Å². The predicted octanol–water partition coefficient (Wildman–Crippen LogP) is 3.67. The topological polar surface area (TPSA) is 46.5 Å². The first-order valence-corrected chi connectivity index (χ1v) is 6.82. The van der Waals surface area contributed by atoms with Crippen molar-refractivity contribution >= 4 is 16.7 Å². The molecule has 106 valence electrons. The third-order valence-corrected chi connectivity index (χ3v) is 3.71. The second-order valence-corrected chi connectivity index (χ2v) is 5.63. The Kier molecular flexibility index (Phi) is 4.09. The van der Waals surface area contributed by atoms with Gasteiger partial charge in [-0.2, -0.15) is 0 Å². The number of esters is 1. The monoisotopic (exact) mass is 272 g/mol. The fraction of sp³-hybridized carbons (Fsp3) is 0.353. The summed E-state index contributed by atoms with van der Waals surface area (Å²) in [6.07, 6.45) is 0.735. The van der Waals surface area contributed by atoms with Gasteiger partial charge in [-0.25, -0.2) is 0 Å². The Bertz CT molecular complexity index is 629. The Balaban J connectivity index is 2.26. The van der Waals surface area contributed by atoms with Crippen molar-refractivity contribution in [3.05, 3.63) is 42.0 Å². The van der Waals surface area contributed by atoms with Crippen molar-refractivity contribution in [2.75, 3.05) is 0 Å². The number of carbonyl (C=O) groups excluding carboxylic acids is 1. The highest BCUT2D eigenvalue weighted by molar-refractivity contribution is 5.86. The molecule has 2 aromatic carbocycles. The summed E-state index contributed by atoms with van der Waals surface area (Å²) >= 11 is 0. The SMILES string of the molecule is CCC(C)(C)C(=O)Oc1ccc2cc(CO)ccc2c1. The van der Waals surface area contributed by atoms with Gasteiger partial charge in [0.2, 0.25) is 0 Å². The molecule has 3 heteroatoms. The third kappa shape index (κ3) is 2.99. The summed E-state index contributed by atoms with van der Waals surface area (Å²) in [5.41, 5.74) is 0.393. The normalized spacial score (nSPS) is 11.6. The summed E-state index contributed by atoms with van der Waals surface area (Å²) in [7, 11) is 0. The van der Waals surface area contributed by atoms with Gasteiger partial charge in [-0.1, -0.05) is 25.1 Å². The van der Waals surface area contributed by atoms with Crippen molar-refractivity contribution < 1.29 is 14.6 Å². The molecule has 0 saturated carbocycles. The standard InChI is InChI=1S/C17H20O3/c1-4-17(2,3)16(19)20-15-8-7-13-9-12(11-18)5-6-14(13)10-15/h5-10,18H,4,11H2,1-3H3. The lowest BCUT2D eigenvalue weighted by Crippen LogP contribution is -2.28. The molecule has 0 atom stereocenters. The fourth-order valence-electron chi connectivity index (χ4n) is 1.82. The maximum atomic E-state index is 12.0. The van der Waals surface area contributed by atoms with Gasteiger partial charge in [0, 0.05) is 0 Å². The molecule has 0 aromatic heterocycles. The molecular weight excluding hydrogens is 252 g/mol. The number of benzene rings is 2. The zero-order chi connectivity index (χ0) is 14.8. The largest absolute Gasteiger partial charge is 0.426 e. The second-order valence-electron chi connectivity index (χ2n) is 5.63. The van der Waals surface area contributed by atoms with E-state index in [0.717, 1.165) is 22.8 Å². The fourth-order valence-corrected chi connectivity index (χ4v) is 1.82. The molecule has 0 aliphatic carbocycles. The molecule has 20 heavy (non-hydrogen) atoms. The minimum absolute atomic E-state index is 0.0252. The minimum atomic E-state index is -0.476. The Morgan fingerprint density at radius 2 is 1.80 bits per heavy atom. The van der Waals surface area contributed by atoms with Crippen LogP contribution in [0.2, 0.25) is 0 Å². The van der Waals surface area contributed by atoms with E-state index in [1.807, 2.05) is 51.1 Å². The first-order chi connectivity index (χ1) is 9.46. The van der Waals surface area contributed by atoms with E-state index in [9.17, 15) is 4.79 Å². The number of aliphatic hydroxyl groups is 1.